The Balaban J connectivity index is 1.62. The third-order valence-corrected chi connectivity index (χ3v) is 9.70. The van der Waals surface area contributed by atoms with E-state index in [9.17, 15) is 22.8 Å². The van der Waals surface area contributed by atoms with Crippen LogP contribution in [-0.2, 0) is 35.5 Å². The molecule has 0 unspecified atom stereocenters. The fraction of sp³-hybridized carbons (Fsp3) is 0.500. The Bertz CT molecular complexity index is 1350. The van der Waals surface area contributed by atoms with Gasteiger partial charge in [0.2, 0.25) is 15.9 Å². The van der Waals surface area contributed by atoms with Gasteiger partial charge in [0.25, 0.3) is 11.8 Å². The second kappa shape index (κ2) is 13.4. The molecule has 2 aromatic rings. The number of rotatable bonds is 10. The number of anilines is 1. The molecule has 40 heavy (non-hydrogen) atoms. The first-order chi connectivity index (χ1) is 19.1. The number of morpholine rings is 1. The van der Waals surface area contributed by atoms with E-state index >= 15 is 0 Å². The van der Waals surface area contributed by atoms with E-state index in [2.05, 4.69) is 10.0 Å². The number of nitrogens with one attached hydrogen (secondary N) is 2. The van der Waals surface area contributed by atoms with Crippen LogP contribution in [-0.4, -0.2) is 89.7 Å². The first-order valence-corrected chi connectivity index (χ1v) is 15.7. The molecule has 2 N–H and O–H groups in total. The van der Waals surface area contributed by atoms with Gasteiger partial charge in [-0.3, -0.25) is 14.4 Å². The molecule has 0 saturated carbocycles. The van der Waals surface area contributed by atoms with E-state index in [0.717, 1.165) is 17.8 Å². The van der Waals surface area contributed by atoms with Crippen LogP contribution < -0.4 is 14.9 Å². The number of carbonyl (C=O) groups is 3. The number of hydrogen-bond donors (Lipinski definition) is 2. The number of halogens is 1. The average Bonchev–Trinajstić information content (AvgIpc) is 3.40. The standard InChI is InChI=1S/C26H33ClN4O7S2/c1-3-18-20(31-12-13-38-16-24(31)32)7-4-8-22(18)40(35,36)29-19(14-28-25(33)21-9-10-23(27)39-21)26(34)30-11-5-6-17(15-30)37-2/h4,7-10,17,19,29H,3,5-6,11-16H2,1-2H3,(H,28,33)/t17-,19+/m1/s1. The number of likely N-dealkylation sites (tertiary alicyclic amines) is 1. The summed E-state index contributed by atoms with van der Waals surface area (Å²) < 4.78 is 41.2. The lowest BCUT2D eigenvalue weighted by molar-refractivity contribution is -0.136. The fourth-order valence-corrected chi connectivity index (χ4v) is 7.36. The normalized spacial score (nSPS) is 19.0. The van der Waals surface area contributed by atoms with Crippen LogP contribution in [0, 0.1) is 0 Å². The summed E-state index contributed by atoms with van der Waals surface area (Å²) in [5.74, 6) is -1.19. The summed E-state index contributed by atoms with van der Waals surface area (Å²) in [5.41, 5.74) is 0.939. The average molecular weight is 613 g/mol. The molecule has 2 atom stereocenters. The van der Waals surface area contributed by atoms with E-state index in [1.165, 1.54) is 11.0 Å². The van der Waals surface area contributed by atoms with Gasteiger partial charge in [0.15, 0.2) is 0 Å². The highest BCUT2D eigenvalue weighted by atomic mass is 35.5. The predicted molar refractivity (Wildman–Crippen MR) is 151 cm³/mol. The van der Waals surface area contributed by atoms with Crippen LogP contribution in [0.4, 0.5) is 5.69 Å². The molecule has 0 spiro atoms. The maximum Gasteiger partial charge on any atom is 0.261 e. The fourth-order valence-electron chi connectivity index (χ4n) is 4.89. The lowest BCUT2D eigenvalue weighted by Gasteiger charge is -2.34. The number of benzene rings is 1. The Morgan fingerprint density at radius 2 is 2.05 bits per heavy atom. The topological polar surface area (TPSA) is 134 Å². The molecule has 1 aromatic heterocycles. The van der Waals surface area contributed by atoms with Crippen LogP contribution >= 0.6 is 22.9 Å². The quantitative estimate of drug-likeness (QED) is 0.419. The van der Waals surface area contributed by atoms with Crippen molar-refractivity contribution in [1.82, 2.24) is 14.9 Å². The highest BCUT2D eigenvalue weighted by Crippen LogP contribution is 2.29. The van der Waals surface area contributed by atoms with Gasteiger partial charge in [-0.2, -0.15) is 4.72 Å². The van der Waals surface area contributed by atoms with E-state index < -0.39 is 27.9 Å². The highest BCUT2D eigenvalue weighted by molar-refractivity contribution is 7.89. The molecule has 3 heterocycles. The van der Waals surface area contributed by atoms with Crippen molar-refractivity contribution in [2.45, 2.75) is 43.2 Å². The Kier molecular flexibility index (Phi) is 10.2. The summed E-state index contributed by atoms with van der Waals surface area (Å²) in [6.07, 6.45) is 1.67. The molecule has 1 aromatic carbocycles. The number of piperidine rings is 1. The molecule has 0 aliphatic carbocycles. The number of hydrogen-bond acceptors (Lipinski definition) is 8. The number of carbonyl (C=O) groups excluding carboxylic acids is 3. The minimum atomic E-state index is -4.26. The van der Waals surface area contributed by atoms with Gasteiger partial charge in [0.1, 0.15) is 12.6 Å². The Hall–Kier alpha value is -2.55. The lowest BCUT2D eigenvalue weighted by Crippen LogP contribution is -2.56. The molecule has 3 amide bonds. The van der Waals surface area contributed by atoms with Gasteiger partial charge >= 0.3 is 0 Å². The maximum atomic E-state index is 13.8. The van der Waals surface area contributed by atoms with Crippen molar-refractivity contribution in [2.75, 3.05) is 51.4 Å². The zero-order valence-electron chi connectivity index (χ0n) is 22.4. The second-order valence-electron chi connectivity index (χ2n) is 9.48. The first kappa shape index (κ1) is 30.4. The zero-order chi connectivity index (χ0) is 28.9. The lowest BCUT2D eigenvalue weighted by atomic mass is 10.1. The van der Waals surface area contributed by atoms with Crippen LogP contribution in [0.15, 0.2) is 35.2 Å². The van der Waals surface area contributed by atoms with Crippen molar-refractivity contribution in [3.63, 3.8) is 0 Å². The smallest absolute Gasteiger partial charge is 0.261 e. The molecule has 218 valence electrons. The maximum absolute atomic E-state index is 13.8. The monoisotopic (exact) mass is 612 g/mol. The number of sulfonamides is 1. The molecule has 4 rings (SSSR count). The zero-order valence-corrected chi connectivity index (χ0v) is 24.7. The summed E-state index contributed by atoms with van der Waals surface area (Å²) in [7, 11) is -2.69. The van der Waals surface area contributed by atoms with Crippen LogP contribution in [0.3, 0.4) is 0 Å². The third kappa shape index (κ3) is 7.01. The number of ether oxygens (including phenoxy) is 2. The number of methoxy groups -OCH3 is 1. The molecule has 2 fully saturated rings. The third-order valence-electron chi connectivity index (χ3n) is 6.91. The van der Waals surface area contributed by atoms with Crippen LogP contribution in [0.25, 0.3) is 0 Å². The van der Waals surface area contributed by atoms with E-state index in [0.29, 0.717) is 59.5 Å². The summed E-state index contributed by atoms with van der Waals surface area (Å²) in [5, 5.41) is 2.67. The SMILES string of the molecule is CCc1c(N2CCOCC2=O)cccc1S(=O)(=O)N[C@@H](CNC(=O)c1ccc(Cl)s1)C(=O)N1CCC[C@@H](OC)C1. The van der Waals surface area contributed by atoms with Gasteiger partial charge in [-0.25, -0.2) is 8.42 Å². The van der Waals surface area contributed by atoms with E-state index in [4.69, 9.17) is 21.1 Å². The molecular formula is C26H33ClN4O7S2. The summed E-state index contributed by atoms with van der Waals surface area (Å²) in [6.45, 7) is 2.85. The van der Waals surface area contributed by atoms with Crippen LogP contribution in [0.2, 0.25) is 4.34 Å². The van der Waals surface area contributed by atoms with Crippen molar-refractivity contribution in [2.24, 2.45) is 0 Å². The Morgan fingerprint density at radius 1 is 1.25 bits per heavy atom. The molecule has 0 bridgehead atoms. The number of amides is 3. The molecule has 2 aliphatic heterocycles. The molecular weight excluding hydrogens is 580 g/mol. The van der Waals surface area contributed by atoms with E-state index in [-0.39, 0.29) is 30.1 Å². The van der Waals surface area contributed by atoms with Gasteiger partial charge < -0.3 is 24.6 Å². The summed E-state index contributed by atoms with van der Waals surface area (Å²) >= 11 is 7.03. The van der Waals surface area contributed by atoms with Gasteiger partial charge in [-0.1, -0.05) is 24.6 Å². The van der Waals surface area contributed by atoms with Crippen molar-refractivity contribution in [1.29, 1.82) is 0 Å². The van der Waals surface area contributed by atoms with E-state index in [1.54, 1.807) is 43.2 Å². The Labute approximate surface area is 242 Å². The van der Waals surface area contributed by atoms with Gasteiger partial charge in [-0.15, -0.1) is 11.3 Å². The molecule has 2 saturated heterocycles. The highest BCUT2D eigenvalue weighted by Gasteiger charge is 2.34. The minimum Gasteiger partial charge on any atom is -0.380 e. The van der Waals surface area contributed by atoms with Crippen molar-refractivity contribution in [3.05, 3.63) is 45.1 Å². The first-order valence-electron chi connectivity index (χ1n) is 13.0. The van der Waals surface area contributed by atoms with Gasteiger partial charge in [-0.05, 0) is 49.1 Å². The minimum absolute atomic E-state index is 0.0330. The second-order valence-corrected chi connectivity index (χ2v) is 12.9. The van der Waals surface area contributed by atoms with Crippen LogP contribution in [0.1, 0.15) is 35.0 Å². The number of nitrogens with zero attached hydrogens (tertiary/aromatic N) is 2. The predicted octanol–water partition coefficient (Wildman–Crippen LogP) is 2.04. The molecule has 2 aliphatic rings. The van der Waals surface area contributed by atoms with Gasteiger partial charge in [0, 0.05) is 39.0 Å². The van der Waals surface area contributed by atoms with E-state index in [1.807, 2.05) is 0 Å². The number of thiophene rings is 1. The summed E-state index contributed by atoms with van der Waals surface area (Å²) in [4.78, 5) is 42.3. The molecule has 14 heteroatoms. The van der Waals surface area contributed by atoms with Gasteiger partial charge in [0.05, 0.1) is 26.8 Å². The van der Waals surface area contributed by atoms with Crippen molar-refractivity contribution in [3.8, 4) is 0 Å². The Morgan fingerprint density at radius 3 is 2.73 bits per heavy atom. The van der Waals surface area contributed by atoms with Crippen molar-refractivity contribution >= 4 is 56.4 Å². The largest absolute Gasteiger partial charge is 0.380 e. The molecule has 0 radical (unpaired) electrons. The van der Waals surface area contributed by atoms with Crippen molar-refractivity contribution < 1.29 is 32.3 Å². The van der Waals surface area contributed by atoms with Crippen LogP contribution in [0.5, 0.6) is 0 Å². The summed E-state index contributed by atoms with van der Waals surface area (Å²) in [6, 6.07) is 6.59. The molecule has 11 nitrogen and oxygen atoms in total.